The Kier molecular flexibility index (Phi) is 13.5. The first-order chi connectivity index (χ1) is 18.7. The summed E-state index contributed by atoms with van der Waals surface area (Å²) in [5.74, 6) is -0.473. The molecule has 0 spiro atoms. The van der Waals surface area contributed by atoms with Gasteiger partial charge < -0.3 is 59.1 Å². The number of carbonyl (C=O) groups excluding carboxylic acids is 1. The SMILES string of the molecule is CC(C)(C#N)CC(C)(C)C(=O)OCCC1OC[C@H]2O[C@H](O[C@H]3O[C@H](CO)[C@@H](O)[C@H](O)[C@H]3O)[C@H](O)[C@@H](O)[C@@H]2O1.PP. The van der Waals surface area contributed by atoms with Gasteiger partial charge in [0.1, 0.15) is 48.8 Å². The lowest BCUT2D eigenvalue weighted by Gasteiger charge is -2.48. The summed E-state index contributed by atoms with van der Waals surface area (Å²) in [4.78, 5) is 12.5. The molecule has 3 fully saturated rings. The molecular formula is C24H43NO13P2. The van der Waals surface area contributed by atoms with Crippen LogP contribution in [0.15, 0.2) is 0 Å². The summed E-state index contributed by atoms with van der Waals surface area (Å²) in [7, 11) is 4.67. The molecule has 3 aliphatic heterocycles. The first-order valence-corrected chi connectivity index (χ1v) is 15.5. The van der Waals surface area contributed by atoms with Crippen molar-refractivity contribution in [2.75, 3.05) is 19.8 Å². The van der Waals surface area contributed by atoms with Crippen LogP contribution in [0.25, 0.3) is 0 Å². The van der Waals surface area contributed by atoms with E-state index in [-0.39, 0.29) is 19.6 Å². The van der Waals surface area contributed by atoms with E-state index in [4.69, 9.17) is 28.4 Å². The third-order valence-electron chi connectivity index (χ3n) is 6.84. The van der Waals surface area contributed by atoms with Gasteiger partial charge in [-0.3, -0.25) is 4.79 Å². The highest BCUT2D eigenvalue weighted by Gasteiger charge is 2.52. The molecule has 0 radical (unpaired) electrons. The molecule has 13 atom stereocenters. The molecule has 16 heteroatoms. The molecule has 0 bridgehead atoms. The number of hydrogen-bond donors (Lipinski definition) is 6. The van der Waals surface area contributed by atoms with E-state index >= 15 is 0 Å². The fourth-order valence-corrected chi connectivity index (χ4v) is 4.86. The lowest BCUT2D eigenvalue weighted by molar-refractivity contribution is -0.398. The number of nitriles is 1. The van der Waals surface area contributed by atoms with Crippen LogP contribution < -0.4 is 0 Å². The predicted molar refractivity (Wildman–Crippen MR) is 143 cm³/mol. The van der Waals surface area contributed by atoms with Crippen molar-refractivity contribution in [1.29, 1.82) is 5.26 Å². The second kappa shape index (κ2) is 15.2. The third kappa shape index (κ3) is 8.71. The summed E-state index contributed by atoms with van der Waals surface area (Å²) in [6, 6.07) is 2.17. The second-order valence-electron chi connectivity index (χ2n) is 11.2. The van der Waals surface area contributed by atoms with Crippen LogP contribution in [-0.2, 0) is 33.2 Å². The van der Waals surface area contributed by atoms with E-state index in [0.29, 0.717) is 6.42 Å². The maximum atomic E-state index is 12.5. The number of aliphatic hydroxyl groups excluding tert-OH is 6. The Morgan fingerprint density at radius 3 is 2.15 bits per heavy atom. The van der Waals surface area contributed by atoms with Crippen LogP contribution in [-0.4, -0.2) is 124 Å². The van der Waals surface area contributed by atoms with Gasteiger partial charge >= 0.3 is 5.97 Å². The smallest absolute Gasteiger partial charge is 0.311 e. The molecule has 0 saturated carbocycles. The van der Waals surface area contributed by atoms with Crippen LogP contribution in [0.2, 0.25) is 0 Å². The van der Waals surface area contributed by atoms with E-state index in [1.54, 1.807) is 27.7 Å². The summed E-state index contributed by atoms with van der Waals surface area (Å²) < 4.78 is 33.1. The number of ether oxygens (including phenoxy) is 6. The van der Waals surface area contributed by atoms with Gasteiger partial charge in [-0.15, -0.1) is 17.9 Å². The zero-order valence-corrected chi connectivity index (χ0v) is 25.3. The van der Waals surface area contributed by atoms with Crippen molar-refractivity contribution in [3.8, 4) is 6.07 Å². The molecule has 0 aliphatic carbocycles. The molecule has 0 aromatic heterocycles. The molecule has 3 saturated heterocycles. The standard InChI is InChI=1S/C24H39NO13.H4P2/c1-23(2,10-25)9-24(3,4)22(32)33-6-5-13-34-8-12-19(37-13)16(29)18(31)21(36-12)38-20-17(30)15(28)14(27)11(7-26)35-20;1-2/h11-21,26-31H,5-9H2,1-4H3;1-2H2/t11-,12-,13?,14-,15+,16-,17-,18-,19-,20-,21-;/m1./s1. The highest BCUT2D eigenvalue weighted by Crippen LogP contribution is 2.35. The van der Waals surface area contributed by atoms with Crippen molar-refractivity contribution in [1.82, 2.24) is 0 Å². The van der Waals surface area contributed by atoms with Gasteiger partial charge in [-0.25, -0.2) is 0 Å². The number of carbonyl (C=O) groups is 1. The zero-order chi connectivity index (χ0) is 30.4. The van der Waals surface area contributed by atoms with Crippen molar-refractivity contribution in [3.63, 3.8) is 0 Å². The minimum atomic E-state index is -1.72. The summed E-state index contributed by atoms with van der Waals surface area (Å²) >= 11 is 0. The zero-order valence-electron chi connectivity index (χ0n) is 23.0. The summed E-state index contributed by atoms with van der Waals surface area (Å²) in [6.07, 6.45) is -14.8. The van der Waals surface area contributed by atoms with E-state index in [1.807, 2.05) is 0 Å². The van der Waals surface area contributed by atoms with Gasteiger partial charge in [-0.05, 0) is 34.1 Å². The maximum absolute atomic E-state index is 12.5. The molecular weight excluding hydrogens is 572 g/mol. The Bertz CT molecular complexity index is 855. The molecule has 0 aromatic rings. The topological polar surface area (TPSA) is 218 Å². The van der Waals surface area contributed by atoms with Crippen molar-refractivity contribution in [2.24, 2.45) is 10.8 Å². The van der Waals surface area contributed by atoms with Crippen molar-refractivity contribution in [2.45, 2.75) is 108 Å². The van der Waals surface area contributed by atoms with Crippen LogP contribution in [0.3, 0.4) is 0 Å². The second-order valence-corrected chi connectivity index (χ2v) is 11.2. The molecule has 40 heavy (non-hydrogen) atoms. The van der Waals surface area contributed by atoms with Crippen LogP contribution >= 0.6 is 17.9 Å². The third-order valence-corrected chi connectivity index (χ3v) is 6.84. The van der Waals surface area contributed by atoms with Crippen LogP contribution in [0.4, 0.5) is 0 Å². The molecule has 232 valence electrons. The van der Waals surface area contributed by atoms with Crippen molar-refractivity contribution in [3.05, 3.63) is 0 Å². The van der Waals surface area contributed by atoms with Gasteiger partial charge in [-0.1, -0.05) is 0 Å². The number of hydrogen-bond acceptors (Lipinski definition) is 14. The van der Waals surface area contributed by atoms with Crippen molar-refractivity contribution >= 4 is 23.8 Å². The van der Waals surface area contributed by atoms with Crippen LogP contribution in [0, 0.1) is 22.2 Å². The molecule has 3 unspecified atom stereocenters. The van der Waals surface area contributed by atoms with E-state index in [1.165, 1.54) is 0 Å². The largest absolute Gasteiger partial charge is 0.465 e. The van der Waals surface area contributed by atoms with Gasteiger partial charge in [0, 0.05) is 6.42 Å². The number of aliphatic hydroxyl groups is 6. The Hall–Kier alpha value is -0.620. The highest BCUT2D eigenvalue weighted by atomic mass is 32.0. The van der Waals surface area contributed by atoms with Crippen molar-refractivity contribution < 1.29 is 63.9 Å². The Morgan fingerprint density at radius 2 is 1.55 bits per heavy atom. The highest BCUT2D eigenvalue weighted by molar-refractivity contribution is 7.92. The predicted octanol–water partition coefficient (Wildman–Crippen LogP) is -1.46. The molecule has 3 heterocycles. The van der Waals surface area contributed by atoms with E-state index in [0.717, 1.165) is 0 Å². The van der Waals surface area contributed by atoms with Gasteiger partial charge in [0.25, 0.3) is 0 Å². The van der Waals surface area contributed by atoms with Crippen LogP contribution in [0.5, 0.6) is 0 Å². The summed E-state index contributed by atoms with van der Waals surface area (Å²) in [6.45, 7) is 6.11. The molecule has 0 amide bonds. The molecule has 3 rings (SSSR count). The number of esters is 1. The van der Waals surface area contributed by atoms with E-state index in [9.17, 15) is 40.7 Å². The fraction of sp³-hybridized carbons (Fsp3) is 0.917. The molecule has 3 aliphatic rings. The number of rotatable bonds is 9. The Balaban J connectivity index is 0.00000274. The first-order valence-electron chi connectivity index (χ1n) is 12.9. The van der Waals surface area contributed by atoms with Gasteiger partial charge in [0.2, 0.25) is 0 Å². The van der Waals surface area contributed by atoms with Crippen LogP contribution in [0.1, 0.15) is 40.5 Å². The van der Waals surface area contributed by atoms with Gasteiger partial charge in [0.15, 0.2) is 18.9 Å². The minimum absolute atomic E-state index is 0.0420. The van der Waals surface area contributed by atoms with Gasteiger partial charge in [-0.2, -0.15) is 5.26 Å². The average molecular weight is 616 g/mol. The number of fused-ring (bicyclic) bond motifs is 1. The molecule has 14 nitrogen and oxygen atoms in total. The quantitative estimate of drug-likeness (QED) is 0.129. The summed E-state index contributed by atoms with van der Waals surface area (Å²) in [5.41, 5.74) is -1.58. The normalized spacial score (nSPS) is 38.3. The van der Waals surface area contributed by atoms with E-state index in [2.05, 4.69) is 23.9 Å². The lowest BCUT2D eigenvalue weighted by atomic mass is 9.76. The summed E-state index contributed by atoms with van der Waals surface area (Å²) in [5, 5.41) is 69.8. The fourth-order valence-electron chi connectivity index (χ4n) is 4.86. The molecule has 0 aromatic carbocycles. The molecule has 6 N–H and O–H groups in total. The average Bonchev–Trinajstić information content (AvgIpc) is 2.92. The van der Waals surface area contributed by atoms with E-state index < -0.39 is 91.1 Å². The number of nitrogens with zero attached hydrogens (tertiary/aromatic N) is 1. The Morgan fingerprint density at radius 1 is 0.950 bits per heavy atom. The Labute approximate surface area is 238 Å². The first kappa shape index (κ1) is 35.6. The minimum Gasteiger partial charge on any atom is -0.465 e. The van der Waals surface area contributed by atoms with Gasteiger partial charge in [0.05, 0.1) is 36.7 Å². The monoisotopic (exact) mass is 615 g/mol. The maximum Gasteiger partial charge on any atom is 0.311 e. The lowest BCUT2D eigenvalue weighted by Crippen LogP contribution is -2.65.